The van der Waals surface area contributed by atoms with E-state index in [1.54, 1.807) is 7.16 Å². The Morgan fingerprint density at radius 3 is 0.917 bits per heavy atom. The van der Waals surface area contributed by atoms with Crippen molar-refractivity contribution in [2.75, 3.05) is 0 Å². The Morgan fingerprint density at radius 2 is 0.646 bits per heavy atom. The second-order valence-corrected chi connectivity index (χ2v) is 41.5. The van der Waals surface area contributed by atoms with Gasteiger partial charge in [-0.1, -0.05) is 0 Å². The summed E-state index contributed by atoms with van der Waals surface area (Å²) in [7, 11) is 0. The summed E-state index contributed by atoms with van der Waals surface area (Å²) in [5, 5.41) is 2.76. The monoisotopic (exact) mass is 860 g/mol. The van der Waals surface area contributed by atoms with E-state index in [2.05, 4.69) is 126 Å². The van der Waals surface area contributed by atoms with Gasteiger partial charge in [0.1, 0.15) is 0 Å². The van der Waals surface area contributed by atoms with Gasteiger partial charge in [-0.15, -0.1) is 0 Å². The van der Waals surface area contributed by atoms with Crippen LogP contribution in [0, 0.1) is 0 Å². The van der Waals surface area contributed by atoms with Crippen molar-refractivity contribution in [3.8, 4) is 22.3 Å². The molecule has 4 rings (SSSR count). The molecule has 0 amide bonds. The van der Waals surface area contributed by atoms with Crippen molar-refractivity contribution in [3.05, 3.63) is 84.9 Å². The van der Waals surface area contributed by atoms with Crippen molar-refractivity contribution in [1.29, 1.82) is 0 Å². The fourth-order valence-electron chi connectivity index (χ4n) is 8.54. The standard InChI is InChI=1S/C22H14.6C4H9.2Sn/c1-3-9-17(10-4-1)20-15-7-13-19-14-8-16-21(22(19)20)18-11-5-2-6-12-18;6*1-3-4-2;;/h3-16H;6*1,3-4H2,2H3;;. The van der Waals surface area contributed by atoms with E-state index in [4.69, 9.17) is 0 Å². The summed E-state index contributed by atoms with van der Waals surface area (Å²) in [6.45, 7) is 14.3. The van der Waals surface area contributed by atoms with Crippen LogP contribution in [0.1, 0.15) is 119 Å². The van der Waals surface area contributed by atoms with Gasteiger partial charge < -0.3 is 0 Å². The van der Waals surface area contributed by atoms with Crippen LogP contribution < -0.4 is 7.16 Å². The van der Waals surface area contributed by atoms with Gasteiger partial charge in [0.15, 0.2) is 0 Å². The molecule has 0 nitrogen and oxygen atoms in total. The molecule has 0 unspecified atom stereocenters. The van der Waals surface area contributed by atoms with Crippen LogP contribution in [0.5, 0.6) is 0 Å². The van der Waals surface area contributed by atoms with Crippen LogP contribution in [0.2, 0.25) is 26.6 Å². The molecule has 2 heteroatoms. The van der Waals surface area contributed by atoms with E-state index < -0.39 is 36.8 Å². The van der Waals surface area contributed by atoms with Crippen LogP contribution in [0.25, 0.3) is 33.0 Å². The van der Waals surface area contributed by atoms with Gasteiger partial charge >= 0.3 is 307 Å². The van der Waals surface area contributed by atoms with Gasteiger partial charge in [-0.2, -0.15) is 0 Å². The molecule has 0 heterocycles. The number of benzene rings is 4. The normalized spacial score (nSPS) is 12.2. The zero-order valence-corrected chi connectivity index (χ0v) is 37.5. The van der Waals surface area contributed by atoms with E-state index in [-0.39, 0.29) is 0 Å². The molecule has 48 heavy (non-hydrogen) atoms. The molecule has 0 aliphatic rings. The van der Waals surface area contributed by atoms with Gasteiger partial charge in [0, 0.05) is 0 Å². The van der Waals surface area contributed by atoms with Gasteiger partial charge in [-0.3, -0.25) is 0 Å². The molecule has 4 aromatic rings. The molecule has 0 aliphatic heterocycles. The Bertz CT molecular complexity index is 1330. The van der Waals surface area contributed by atoms with Crippen LogP contribution >= 0.6 is 0 Å². The average Bonchev–Trinajstić information content (AvgIpc) is 3.14. The first-order valence-corrected chi connectivity index (χ1v) is 35.2. The summed E-state index contributed by atoms with van der Waals surface area (Å²) in [5.41, 5.74) is 5.53. The van der Waals surface area contributed by atoms with Crippen molar-refractivity contribution in [2.45, 2.75) is 145 Å². The Balaban J connectivity index is 1.75. The summed E-state index contributed by atoms with van der Waals surface area (Å²) < 4.78 is 12.7. The molecule has 4 aromatic carbocycles. The van der Waals surface area contributed by atoms with Crippen molar-refractivity contribution < 1.29 is 0 Å². The molecule has 0 atom stereocenters. The van der Waals surface area contributed by atoms with Crippen LogP contribution in [0.3, 0.4) is 0 Å². The second kappa shape index (κ2) is 20.6. The van der Waals surface area contributed by atoms with Crippen LogP contribution in [-0.4, -0.2) is 36.8 Å². The summed E-state index contributed by atoms with van der Waals surface area (Å²) in [6.07, 6.45) is 16.5. The molecule has 0 fully saturated rings. The van der Waals surface area contributed by atoms with Crippen molar-refractivity contribution >= 4 is 54.7 Å². The number of unbranched alkanes of at least 4 members (excludes halogenated alkanes) is 6. The van der Waals surface area contributed by atoms with Crippen molar-refractivity contribution in [1.82, 2.24) is 0 Å². The summed E-state index contributed by atoms with van der Waals surface area (Å²) in [5.74, 6) is 0. The van der Waals surface area contributed by atoms with Gasteiger partial charge in [0.2, 0.25) is 0 Å². The molecule has 0 spiro atoms. The predicted molar refractivity (Wildman–Crippen MR) is 224 cm³/mol. The first-order chi connectivity index (χ1) is 23.5. The Kier molecular flexibility index (Phi) is 16.9. The minimum atomic E-state index is -2.46. The van der Waals surface area contributed by atoms with Crippen molar-refractivity contribution in [2.24, 2.45) is 0 Å². The summed E-state index contributed by atoms with van der Waals surface area (Å²) >= 11 is -4.91. The second-order valence-electron chi connectivity index (χ2n) is 15.0. The maximum absolute atomic E-state index is 2.60. The summed E-state index contributed by atoms with van der Waals surface area (Å²) in [6, 6.07) is 34.3. The number of hydrogen-bond donors (Lipinski definition) is 0. The number of fused-ring (bicyclic) bond motifs is 1. The quantitative estimate of drug-likeness (QED) is 0.0691. The fraction of sp³-hybridized carbons (Fsp3) is 0.522. The topological polar surface area (TPSA) is 0 Å². The fourth-order valence-corrected chi connectivity index (χ4v) is 40.4. The van der Waals surface area contributed by atoms with Gasteiger partial charge in [-0.05, 0) is 0 Å². The molecular formula is C46H68Sn2. The van der Waals surface area contributed by atoms with Gasteiger partial charge in [-0.25, -0.2) is 0 Å². The molecular weight excluding hydrogens is 790 g/mol. The molecule has 0 saturated heterocycles. The van der Waals surface area contributed by atoms with E-state index in [0.29, 0.717) is 0 Å². The number of hydrogen-bond acceptors (Lipinski definition) is 0. The first kappa shape index (κ1) is 39.5. The minimum absolute atomic E-state index is 1.33. The third-order valence-corrected chi connectivity index (χ3v) is 42.9. The molecule has 260 valence electrons. The van der Waals surface area contributed by atoms with Gasteiger partial charge in [0.05, 0.1) is 0 Å². The van der Waals surface area contributed by atoms with Gasteiger partial charge in [0.25, 0.3) is 0 Å². The Morgan fingerprint density at radius 1 is 0.354 bits per heavy atom. The molecule has 0 radical (unpaired) electrons. The van der Waals surface area contributed by atoms with Crippen LogP contribution in [-0.2, 0) is 0 Å². The maximum atomic E-state index is 2.60. The SMILES string of the molecule is CCC[CH2][Sn]([CH2]CCC)([CH2]CCC)[c]1ccc(-c2cccc3cccc(-c4cc[c]([Sn]([CH2]CCC)([CH2]CCC)[CH2]CCC)cc4)c23)cc1. The molecule has 0 N–H and O–H groups in total. The van der Waals surface area contributed by atoms with E-state index in [1.165, 1.54) is 137 Å². The van der Waals surface area contributed by atoms with Crippen molar-refractivity contribution in [3.63, 3.8) is 0 Å². The average molecular weight is 858 g/mol. The number of rotatable bonds is 22. The predicted octanol–water partition coefficient (Wildman–Crippen LogP) is 14.3. The Labute approximate surface area is 304 Å². The third kappa shape index (κ3) is 9.95. The third-order valence-electron chi connectivity index (χ3n) is 11.6. The first-order valence-electron chi connectivity index (χ1n) is 20.2. The molecule has 0 aromatic heterocycles. The van der Waals surface area contributed by atoms with E-state index >= 15 is 0 Å². The van der Waals surface area contributed by atoms with E-state index in [9.17, 15) is 0 Å². The van der Waals surface area contributed by atoms with E-state index in [0.717, 1.165) is 0 Å². The molecule has 0 aliphatic carbocycles. The molecule has 0 saturated carbocycles. The molecule has 0 bridgehead atoms. The van der Waals surface area contributed by atoms with Crippen LogP contribution in [0.4, 0.5) is 0 Å². The Hall–Kier alpha value is -1.26. The zero-order valence-electron chi connectivity index (χ0n) is 31.8. The zero-order chi connectivity index (χ0) is 34.2. The summed E-state index contributed by atoms with van der Waals surface area (Å²) in [4.78, 5) is 0. The van der Waals surface area contributed by atoms with E-state index in [1.807, 2.05) is 0 Å². The van der Waals surface area contributed by atoms with Crippen LogP contribution in [0.15, 0.2) is 84.9 Å².